The van der Waals surface area contributed by atoms with Crippen LogP contribution in [0, 0.1) is 12.8 Å². The fourth-order valence-electron chi connectivity index (χ4n) is 2.71. The standard InChI is InChI=1S/C12H21N3O3S/c1-3-4-10-5-6-15(7-10)19(17,18)12-9(2)13-14-11(12)8-16/h10,16H,3-8H2,1-2H3,(H,13,14). The van der Waals surface area contributed by atoms with Gasteiger partial charge in [-0.25, -0.2) is 8.42 Å². The van der Waals surface area contributed by atoms with Crippen LogP contribution in [-0.2, 0) is 16.6 Å². The van der Waals surface area contributed by atoms with Gasteiger partial charge in [0.05, 0.1) is 12.3 Å². The minimum atomic E-state index is -3.54. The second-order valence-electron chi connectivity index (χ2n) is 5.09. The van der Waals surface area contributed by atoms with Crippen LogP contribution >= 0.6 is 0 Å². The van der Waals surface area contributed by atoms with Gasteiger partial charge in [-0.1, -0.05) is 13.3 Å². The summed E-state index contributed by atoms with van der Waals surface area (Å²) >= 11 is 0. The lowest BCUT2D eigenvalue weighted by Crippen LogP contribution is -2.30. The molecule has 0 saturated carbocycles. The highest BCUT2D eigenvalue weighted by Crippen LogP contribution is 2.29. The molecule has 1 atom stereocenters. The lowest BCUT2D eigenvalue weighted by Gasteiger charge is -2.16. The Hall–Kier alpha value is -0.920. The molecule has 7 heteroatoms. The molecule has 19 heavy (non-hydrogen) atoms. The fraction of sp³-hybridized carbons (Fsp3) is 0.750. The van der Waals surface area contributed by atoms with Crippen LogP contribution in [0.25, 0.3) is 0 Å². The number of aliphatic hydroxyl groups excluding tert-OH is 1. The SMILES string of the molecule is CCCC1CCN(S(=O)(=O)c2c(CO)n[nH]c2C)C1. The van der Waals surface area contributed by atoms with Crippen LogP contribution in [0.15, 0.2) is 4.90 Å². The first-order valence-electron chi connectivity index (χ1n) is 6.65. The molecule has 6 nitrogen and oxygen atoms in total. The van der Waals surface area contributed by atoms with Gasteiger partial charge in [0.1, 0.15) is 10.6 Å². The summed E-state index contributed by atoms with van der Waals surface area (Å²) in [5.74, 6) is 0.449. The van der Waals surface area contributed by atoms with Gasteiger partial charge in [-0.3, -0.25) is 5.10 Å². The molecule has 0 spiro atoms. The Morgan fingerprint density at radius 3 is 2.89 bits per heavy atom. The average Bonchev–Trinajstić information content (AvgIpc) is 2.96. The van der Waals surface area contributed by atoms with Crippen LogP contribution in [-0.4, -0.2) is 41.1 Å². The number of hydrogen-bond acceptors (Lipinski definition) is 4. The molecule has 1 aromatic rings. The van der Waals surface area contributed by atoms with Gasteiger partial charge < -0.3 is 5.11 Å². The van der Waals surface area contributed by atoms with Crippen LogP contribution in [0.5, 0.6) is 0 Å². The van der Waals surface area contributed by atoms with Gasteiger partial charge in [0.2, 0.25) is 10.0 Å². The van der Waals surface area contributed by atoms with Crippen molar-refractivity contribution in [3.8, 4) is 0 Å². The van der Waals surface area contributed by atoms with E-state index < -0.39 is 10.0 Å². The van der Waals surface area contributed by atoms with Crippen molar-refractivity contribution in [1.82, 2.24) is 14.5 Å². The molecular weight excluding hydrogens is 266 g/mol. The number of nitrogens with one attached hydrogen (secondary N) is 1. The molecule has 2 rings (SSSR count). The maximum absolute atomic E-state index is 12.6. The van der Waals surface area contributed by atoms with Crippen molar-refractivity contribution in [3.05, 3.63) is 11.4 Å². The second kappa shape index (κ2) is 5.60. The van der Waals surface area contributed by atoms with Crippen LogP contribution in [0.3, 0.4) is 0 Å². The zero-order valence-corrected chi connectivity index (χ0v) is 12.2. The second-order valence-corrected chi connectivity index (χ2v) is 6.96. The van der Waals surface area contributed by atoms with Gasteiger partial charge in [0, 0.05) is 13.1 Å². The minimum Gasteiger partial charge on any atom is -0.390 e. The number of rotatable bonds is 5. The smallest absolute Gasteiger partial charge is 0.246 e. The molecule has 1 fully saturated rings. The molecule has 0 aromatic carbocycles. The third-order valence-corrected chi connectivity index (χ3v) is 5.72. The number of sulfonamides is 1. The Kier molecular flexibility index (Phi) is 4.27. The average molecular weight is 287 g/mol. The molecule has 1 aliphatic heterocycles. The highest BCUT2D eigenvalue weighted by Gasteiger charge is 2.35. The molecule has 1 aromatic heterocycles. The topological polar surface area (TPSA) is 86.3 Å². The summed E-state index contributed by atoms with van der Waals surface area (Å²) in [6.45, 7) is 4.54. The summed E-state index contributed by atoms with van der Waals surface area (Å²) in [5.41, 5.74) is 0.694. The fourth-order valence-corrected chi connectivity index (χ4v) is 4.56. The van der Waals surface area contributed by atoms with E-state index in [1.807, 2.05) is 0 Å². The number of aromatic amines is 1. The Bertz CT molecular complexity index is 538. The van der Waals surface area contributed by atoms with E-state index in [2.05, 4.69) is 17.1 Å². The third-order valence-electron chi connectivity index (χ3n) is 3.65. The van der Waals surface area contributed by atoms with Gasteiger partial charge in [-0.2, -0.15) is 9.40 Å². The van der Waals surface area contributed by atoms with Crippen LogP contribution in [0.2, 0.25) is 0 Å². The van der Waals surface area contributed by atoms with Gasteiger partial charge in [-0.15, -0.1) is 0 Å². The highest BCUT2D eigenvalue weighted by atomic mass is 32.2. The van der Waals surface area contributed by atoms with Gasteiger partial charge in [-0.05, 0) is 25.7 Å². The van der Waals surface area contributed by atoms with Crippen LogP contribution in [0.4, 0.5) is 0 Å². The van der Waals surface area contributed by atoms with Gasteiger partial charge in [0.15, 0.2) is 0 Å². The summed E-state index contributed by atoms with van der Waals surface area (Å²) in [5, 5.41) is 15.7. The van der Waals surface area contributed by atoms with Crippen molar-refractivity contribution in [2.45, 2.75) is 44.6 Å². The zero-order chi connectivity index (χ0) is 14.0. The number of aliphatic hydroxyl groups is 1. The van der Waals surface area contributed by atoms with E-state index in [0.717, 1.165) is 19.3 Å². The van der Waals surface area contributed by atoms with Crippen LogP contribution in [0.1, 0.15) is 37.6 Å². The van der Waals surface area contributed by atoms with Crippen molar-refractivity contribution in [2.24, 2.45) is 5.92 Å². The Balaban J connectivity index is 2.26. The van der Waals surface area contributed by atoms with Crippen molar-refractivity contribution in [2.75, 3.05) is 13.1 Å². The highest BCUT2D eigenvalue weighted by molar-refractivity contribution is 7.89. The normalized spacial score (nSPS) is 21.1. The Morgan fingerprint density at radius 2 is 2.26 bits per heavy atom. The number of nitrogens with zero attached hydrogens (tertiary/aromatic N) is 2. The molecule has 2 N–H and O–H groups in total. The molecule has 1 unspecified atom stereocenters. The largest absolute Gasteiger partial charge is 0.390 e. The predicted octanol–water partition coefficient (Wildman–Crippen LogP) is 1.02. The van der Waals surface area contributed by atoms with E-state index in [1.54, 1.807) is 6.92 Å². The van der Waals surface area contributed by atoms with E-state index in [-0.39, 0.29) is 17.2 Å². The van der Waals surface area contributed by atoms with Crippen molar-refractivity contribution < 1.29 is 13.5 Å². The minimum absolute atomic E-state index is 0.146. The van der Waals surface area contributed by atoms with E-state index >= 15 is 0 Å². The first-order chi connectivity index (χ1) is 9.00. The quantitative estimate of drug-likeness (QED) is 0.846. The van der Waals surface area contributed by atoms with E-state index in [4.69, 9.17) is 0 Å². The molecule has 1 saturated heterocycles. The van der Waals surface area contributed by atoms with Crippen molar-refractivity contribution >= 4 is 10.0 Å². The van der Waals surface area contributed by atoms with E-state index in [0.29, 0.717) is 24.7 Å². The molecular formula is C12H21N3O3S. The number of aryl methyl sites for hydroxylation is 1. The molecule has 108 valence electrons. The third kappa shape index (κ3) is 2.68. The van der Waals surface area contributed by atoms with E-state index in [9.17, 15) is 13.5 Å². The first kappa shape index (κ1) is 14.5. The predicted molar refractivity (Wildman–Crippen MR) is 71.0 cm³/mol. The molecule has 2 heterocycles. The first-order valence-corrected chi connectivity index (χ1v) is 8.09. The molecule has 1 aliphatic rings. The lowest BCUT2D eigenvalue weighted by molar-refractivity contribution is 0.273. The maximum atomic E-state index is 12.6. The number of hydrogen-bond donors (Lipinski definition) is 2. The number of aromatic nitrogens is 2. The summed E-state index contributed by atoms with van der Waals surface area (Å²) in [6, 6.07) is 0. The summed E-state index contributed by atoms with van der Waals surface area (Å²) in [7, 11) is -3.54. The lowest BCUT2D eigenvalue weighted by atomic mass is 10.0. The van der Waals surface area contributed by atoms with Gasteiger partial charge in [0.25, 0.3) is 0 Å². The van der Waals surface area contributed by atoms with Crippen molar-refractivity contribution in [3.63, 3.8) is 0 Å². The zero-order valence-electron chi connectivity index (χ0n) is 11.4. The molecule has 0 radical (unpaired) electrons. The number of H-pyrrole nitrogens is 1. The van der Waals surface area contributed by atoms with Crippen molar-refractivity contribution in [1.29, 1.82) is 0 Å². The maximum Gasteiger partial charge on any atom is 0.246 e. The monoisotopic (exact) mass is 287 g/mol. The summed E-state index contributed by atoms with van der Waals surface area (Å²) < 4.78 is 26.7. The van der Waals surface area contributed by atoms with Gasteiger partial charge >= 0.3 is 0 Å². The summed E-state index contributed by atoms with van der Waals surface area (Å²) in [4.78, 5) is 0.146. The Morgan fingerprint density at radius 1 is 1.53 bits per heavy atom. The Labute approximate surface area is 113 Å². The van der Waals surface area contributed by atoms with E-state index in [1.165, 1.54) is 4.31 Å². The summed E-state index contributed by atoms with van der Waals surface area (Å²) in [6.07, 6.45) is 3.05. The molecule has 0 bridgehead atoms. The van der Waals surface area contributed by atoms with Crippen LogP contribution < -0.4 is 0 Å². The molecule has 0 aliphatic carbocycles. The molecule has 0 amide bonds.